The zero-order valence-corrected chi connectivity index (χ0v) is 12.0. The van der Waals surface area contributed by atoms with Crippen molar-refractivity contribution in [3.8, 4) is 0 Å². The van der Waals surface area contributed by atoms with Gasteiger partial charge in [0.05, 0.1) is 0 Å². The van der Waals surface area contributed by atoms with Gasteiger partial charge in [0.25, 0.3) is 0 Å². The van der Waals surface area contributed by atoms with E-state index in [9.17, 15) is 0 Å². The topological polar surface area (TPSA) is 24.9 Å². The molecule has 94 valence electrons. The summed E-state index contributed by atoms with van der Waals surface area (Å²) in [6.07, 6.45) is 2.80. The highest BCUT2D eigenvalue weighted by Gasteiger charge is 2.04. The van der Waals surface area contributed by atoms with E-state index in [0.717, 1.165) is 23.1 Å². The predicted octanol–water partition coefficient (Wildman–Crippen LogP) is 3.74. The van der Waals surface area contributed by atoms with Crippen LogP contribution < -0.4 is 5.32 Å². The Balaban J connectivity index is 1.81. The van der Waals surface area contributed by atoms with Crippen LogP contribution in [0.4, 0.5) is 0 Å². The Kier molecular flexibility index (Phi) is 4.90. The Labute approximate surface area is 117 Å². The number of aromatic nitrogens is 1. The van der Waals surface area contributed by atoms with E-state index in [1.807, 2.05) is 18.3 Å². The minimum atomic E-state index is 0.363. The lowest BCUT2D eigenvalue weighted by Gasteiger charge is -2.14. The summed E-state index contributed by atoms with van der Waals surface area (Å²) >= 11 is 3.45. The van der Waals surface area contributed by atoms with Gasteiger partial charge in [-0.25, -0.2) is 0 Å². The van der Waals surface area contributed by atoms with Crippen LogP contribution in [-0.4, -0.2) is 11.5 Å². The first-order valence-electron chi connectivity index (χ1n) is 6.14. The molecule has 0 amide bonds. The van der Waals surface area contributed by atoms with Gasteiger partial charge in [0.15, 0.2) is 0 Å². The molecule has 0 aliphatic carbocycles. The van der Waals surface area contributed by atoms with E-state index in [1.54, 1.807) is 0 Å². The first-order valence-corrected chi connectivity index (χ1v) is 6.94. The molecular formula is C15H17BrN2. The van der Waals surface area contributed by atoms with Gasteiger partial charge in [-0.2, -0.15) is 0 Å². The second kappa shape index (κ2) is 6.66. The van der Waals surface area contributed by atoms with Crippen LogP contribution in [-0.2, 0) is 6.42 Å². The van der Waals surface area contributed by atoms with Gasteiger partial charge < -0.3 is 5.32 Å². The quantitative estimate of drug-likeness (QED) is 0.910. The summed E-state index contributed by atoms with van der Waals surface area (Å²) in [5.41, 5.74) is 2.44. The van der Waals surface area contributed by atoms with Crippen molar-refractivity contribution in [2.75, 3.05) is 6.54 Å². The fourth-order valence-electron chi connectivity index (χ4n) is 1.83. The highest BCUT2D eigenvalue weighted by atomic mass is 79.9. The standard InChI is InChI=1S/C15H17BrN2/c1-12(13-5-7-14(16)8-6-13)17-11-9-15-4-2-3-10-18-15/h2-8,10,12,17H,9,11H2,1H3/t12-/m1/s1. The van der Waals surface area contributed by atoms with Crippen molar-refractivity contribution in [1.29, 1.82) is 0 Å². The fraction of sp³-hybridized carbons (Fsp3) is 0.267. The number of hydrogen-bond acceptors (Lipinski definition) is 2. The maximum absolute atomic E-state index is 4.31. The molecule has 0 saturated carbocycles. The molecule has 0 bridgehead atoms. The van der Waals surface area contributed by atoms with Crippen molar-refractivity contribution in [3.63, 3.8) is 0 Å². The van der Waals surface area contributed by atoms with Gasteiger partial charge in [-0.3, -0.25) is 4.98 Å². The summed E-state index contributed by atoms with van der Waals surface area (Å²) in [7, 11) is 0. The summed E-state index contributed by atoms with van der Waals surface area (Å²) in [6, 6.07) is 14.8. The van der Waals surface area contributed by atoms with E-state index in [2.05, 4.69) is 63.5 Å². The highest BCUT2D eigenvalue weighted by Crippen LogP contribution is 2.16. The zero-order chi connectivity index (χ0) is 12.8. The van der Waals surface area contributed by atoms with Crippen molar-refractivity contribution in [1.82, 2.24) is 10.3 Å². The third-order valence-corrected chi connectivity index (χ3v) is 3.46. The number of hydrogen-bond donors (Lipinski definition) is 1. The van der Waals surface area contributed by atoms with Gasteiger partial charge in [-0.05, 0) is 36.8 Å². The van der Waals surface area contributed by atoms with Crippen LogP contribution in [0.2, 0.25) is 0 Å². The minimum Gasteiger partial charge on any atom is -0.310 e. The third kappa shape index (κ3) is 3.93. The van der Waals surface area contributed by atoms with Gasteiger partial charge in [-0.1, -0.05) is 34.1 Å². The lowest BCUT2D eigenvalue weighted by Crippen LogP contribution is -2.21. The fourth-order valence-corrected chi connectivity index (χ4v) is 2.10. The Bertz CT molecular complexity index is 468. The predicted molar refractivity (Wildman–Crippen MR) is 78.5 cm³/mol. The third-order valence-electron chi connectivity index (χ3n) is 2.93. The van der Waals surface area contributed by atoms with E-state index in [1.165, 1.54) is 5.56 Å². The van der Waals surface area contributed by atoms with Crippen LogP contribution >= 0.6 is 15.9 Å². The number of rotatable bonds is 5. The summed E-state index contributed by atoms with van der Waals surface area (Å²) < 4.78 is 1.12. The van der Waals surface area contributed by atoms with Crippen LogP contribution in [0, 0.1) is 0 Å². The number of halogens is 1. The van der Waals surface area contributed by atoms with E-state index >= 15 is 0 Å². The van der Waals surface area contributed by atoms with Gasteiger partial charge in [0.2, 0.25) is 0 Å². The SMILES string of the molecule is C[C@@H](NCCc1ccccn1)c1ccc(Br)cc1. The average Bonchev–Trinajstić information content (AvgIpc) is 2.40. The van der Waals surface area contributed by atoms with Gasteiger partial charge >= 0.3 is 0 Å². The summed E-state index contributed by atoms with van der Waals surface area (Å²) in [5.74, 6) is 0. The van der Waals surface area contributed by atoms with E-state index in [0.29, 0.717) is 6.04 Å². The van der Waals surface area contributed by atoms with Crippen LogP contribution in [0.25, 0.3) is 0 Å². The van der Waals surface area contributed by atoms with E-state index in [4.69, 9.17) is 0 Å². The molecule has 0 radical (unpaired) electrons. The van der Waals surface area contributed by atoms with Crippen LogP contribution in [0.5, 0.6) is 0 Å². The monoisotopic (exact) mass is 304 g/mol. The normalized spacial score (nSPS) is 12.3. The maximum atomic E-state index is 4.31. The van der Waals surface area contributed by atoms with Gasteiger partial charge in [0, 0.05) is 35.4 Å². The molecule has 0 saturated heterocycles. The van der Waals surface area contributed by atoms with Gasteiger partial charge in [0.1, 0.15) is 0 Å². The molecule has 0 unspecified atom stereocenters. The Morgan fingerprint density at radius 2 is 1.94 bits per heavy atom. The molecule has 0 fully saturated rings. The van der Waals surface area contributed by atoms with Gasteiger partial charge in [-0.15, -0.1) is 0 Å². The molecule has 1 atom stereocenters. The van der Waals surface area contributed by atoms with Crippen LogP contribution in [0.3, 0.4) is 0 Å². The molecule has 2 aromatic rings. The molecule has 0 aliphatic heterocycles. The highest BCUT2D eigenvalue weighted by molar-refractivity contribution is 9.10. The Hall–Kier alpha value is -1.19. The number of benzene rings is 1. The zero-order valence-electron chi connectivity index (χ0n) is 10.4. The molecule has 1 heterocycles. The van der Waals surface area contributed by atoms with Crippen LogP contribution in [0.15, 0.2) is 53.1 Å². The molecule has 0 spiro atoms. The Morgan fingerprint density at radius 3 is 2.61 bits per heavy atom. The second-order valence-corrected chi connectivity index (χ2v) is 5.21. The van der Waals surface area contributed by atoms with Crippen molar-refractivity contribution in [2.45, 2.75) is 19.4 Å². The van der Waals surface area contributed by atoms with E-state index in [-0.39, 0.29) is 0 Å². The summed E-state index contributed by atoms with van der Waals surface area (Å²) in [4.78, 5) is 4.31. The van der Waals surface area contributed by atoms with Crippen LogP contribution in [0.1, 0.15) is 24.2 Å². The van der Waals surface area contributed by atoms with Crippen molar-refractivity contribution in [3.05, 3.63) is 64.4 Å². The molecule has 1 aromatic carbocycles. The maximum Gasteiger partial charge on any atom is 0.0416 e. The average molecular weight is 305 g/mol. The minimum absolute atomic E-state index is 0.363. The molecule has 0 aliphatic rings. The summed E-state index contributed by atoms with van der Waals surface area (Å²) in [6.45, 7) is 3.12. The molecule has 2 rings (SSSR count). The molecule has 2 nitrogen and oxygen atoms in total. The van der Waals surface area contributed by atoms with Crippen molar-refractivity contribution in [2.24, 2.45) is 0 Å². The largest absolute Gasteiger partial charge is 0.310 e. The molecule has 1 aromatic heterocycles. The first-order chi connectivity index (χ1) is 8.75. The number of nitrogens with zero attached hydrogens (tertiary/aromatic N) is 1. The Morgan fingerprint density at radius 1 is 1.17 bits per heavy atom. The second-order valence-electron chi connectivity index (χ2n) is 4.30. The summed E-state index contributed by atoms with van der Waals surface area (Å²) in [5, 5.41) is 3.51. The molecule has 18 heavy (non-hydrogen) atoms. The van der Waals surface area contributed by atoms with Crippen molar-refractivity contribution < 1.29 is 0 Å². The molecular weight excluding hydrogens is 288 g/mol. The number of pyridine rings is 1. The van der Waals surface area contributed by atoms with Crippen molar-refractivity contribution >= 4 is 15.9 Å². The smallest absolute Gasteiger partial charge is 0.0416 e. The lowest BCUT2D eigenvalue weighted by atomic mass is 10.1. The van der Waals surface area contributed by atoms with E-state index < -0.39 is 0 Å². The lowest BCUT2D eigenvalue weighted by molar-refractivity contribution is 0.574. The number of nitrogens with one attached hydrogen (secondary N) is 1. The molecule has 1 N–H and O–H groups in total. The first kappa shape index (κ1) is 13.2. The molecule has 3 heteroatoms.